The van der Waals surface area contributed by atoms with Crippen LogP contribution in [0.1, 0.15) is 28.4 Å². The van der Waals surface area contributed by atoms with E-state index in [4.69, 9.17) is 14.2 Å². The Labute approximate surface area is 123 Å². The average Bonchev–Trinajstić information content (AvgIpc) is 2.54. The van der Waals surface area contributed by atoms with Crippen LogP contribution in [0.15, 0.2) is 48.5 Å². The first-order valence-corrected chi connectivity index (χ1v) is 6.84. The summed E-state index contributed by atoms with van der Waals surface area (Å²) in [6.45, 7) is 0.599. The summed E-state index contributed by atoms with van der Waals surface area (Å²) in [5.41, 5.74) is 1.51. The first-order chi connectivity index (χ1) is 10.3. The summed E-state index contributed by atoms with van der Waals surface area (Å²) >= 11 is 0. The normalized spacial score (nSPS) is 16.7. The Kier molecular flexibility index (Phi) is 3.88. The van der Waals surface area contributed by atoms with Crippen molar-refractivity contribution < 1.29 is 19.0 Å². The Morgan fingerprint density at radius 1 is 1.19 bits per heavy atom. The molecule has 3 rings (SSSR count). The molecule has 0 bridgehead atoms. The number of esters is 1. The maximum Gasteiger partial charge on any atom is 0.343 e. The van der Waals surface area contributed by atoms with Gasteiger partial charge in [-0.15, -0.1) is 0 Å². The van der Waals surface area contributed by atoms with Crippen molar-refractivity contribution in [3.8, 4) is 11.5 Å². The summed E-state index contributed by atoms with van der Waals surface area (Å²) in [5, 5.41) is 0. The van der Waals surface area contributed by atoms with Crippen LogP contribution in [0.2, 0.25) is 0 Å². The van der Waals surface area contributed by atoms with E-state index in [2.05, 4.69) is 0 Å². The molecule has 1 aliphatic heterocycles. The monoisotopic (exact) mass is 284 g/mol. The SMILES string of the molecule is COC1CCOc2cc(OC(=O)c3ccccc3)ccc21. The van der Waals surface area contributed by atoms with Crippen LogP contribution >= 0.6 is 0 Å². The van der Waals surface area contributed by atoms with Gasteiger partial charge in [0.2, 0.25) is 0 Å². The predicted octanol–water partition coefficient (Wildman–Crippen LogP) is 3.38. The van der Waals surface area contributed by atoms with Crippen LogP contribution in [-0.4, -0.2) is 19.7 Å². The van der Waals surface area contributed by atoms with Gasteiger partial charge >= 0.3 is 5.97 Å². The van der Waals surface area contributed by atoms with E-state index < -0.39 is 0 Å². The molecule has 1 atom stereocenters. The smallest absolute Gasteiger partial charge is 0.343 e. The number of fused-ring (bicyclic) bond motifs is 1. The molecule has 2 aromatic rings. The Balaban J connectivity index is 1.80. The molecule has 0 amide bonds. The lowest BCUT2D eigenvalue weighted by Crippen LogP contribution is -2.16. The van der Waals surface area contributed by atoms with Crippen LogP contribution < -0.4 is 9.47 Å². The van der Waals surface area contributed by atoms with Crippen LogP contribution in [-0.2, 0) is 4.74 Å². The number of benzene rings is 2. The highest BCUT2D eigenvalue weighted by atomic mass is 16.5. The molecule has 0 saturated heterocycles. The molecule has 2 aromatic carbocycles. The third kappa shape index (κ3) is 2.90. The zero-order chi connectivity index (χ0) is 14.7. The standard InChI is InChI=1S/C17H16O4/c1-19-15-9-10-20-16-11-13(7-8-14(15)16)21-17(18)12-5-3-2-4-6-12/h2-8,11,15H,9-10H2,1H3. The quantitative estimate of drug-likeness (QED) is 0.640. The molecule has 1 aliphatic rings. The van der Waals surface area contributed by atoms with Gasteiger partial charge in [-0.05, 0) is 24.3 Å². The van der Waals surface area contributed by atoms with Crippen molar-refractivity contribution in [3.05, 3.63) is 59.7 Å². The minimum atomic E-state index is -0.380. The van der Waals surface area contributed by atoms with Crippen LogP contribution in [0.5, 0.6) is 11.5 Å². The summed E-state index contributed by atoms with van der Waals surface area (Å²) in [6.07, 6.45) is 0.861. The number of hydrogen-bond acceptors (Lipinski definition) is 4. The van der Waals surface area contributed by atoms with E-state index >= 15 is 0 Å². The van der Waals surface area contributed by atoms with E-state index in [9.17, 15) is 4.79 Å². The minimum absolute atomic E-state index is 0.0348. The molecule has 21 heavy (non-hydrogen) atoms. The molecule has 1 unspecified atom stereocenters. The molecule has 0 radical (unpaired) electrons. The van der Waals surface area contributed by atoms with E-state index in [1.165, 1.54) is 0 Å². The molecular formula is C17H16O4. The van der Waals surface area contributed by atoms with E-state index in [0.717, 1.165) is 12.0 Å². The third-order valence-corrected chi connectivity index (χ3v) is 3.47. The van der Waals surface area contributed by atoms with Gasteiger partial charge in [-0.25, -0.2) is 4.79 Å². The van der Waals surface area contributed by atoms with Gasteiger partial charge in [0.25, 0.3) is 0 Å². The number of carbonyl (C=O) groups excluding carboxylic acids is 1. The van der Waals surface area contributed by atoms with Crippen molar-refractivity contribution in [3.63, 3.8) is 0 Å². The van der Waals surface area contributed by atoms with Crippen molar-refractivity contribution in [1.82, 2.24) is 0 Å². The van der Waals surface area contributed by atoms with Gasteiger partial charge in [-0.3, -0.25) is 0 Å². The van der Waals surface area contributed by atoms with E-state index in [1.54, 1.807) is 43.5 Å². The van der Waals surface area contributed by atoms with Gasteiger partial charge in [-0.1, -0.05) is 18.2 Å². The third-order valence-electron chi connectivity index (χ3n) is 3.47. The molecule has 1 heterocycles. The lowest BCUT2D eigenvalue weighted by Gasteiger charge is -2.25. The van der Waals surface area contributed by atoms with E-state index in [0.29, 0.717) is 23.7 Å². The molecule has 0 aromatic heterocycles. The van der Waals surface area contributed by atoms with Gasteiger partial charge in [-0.2, -0.15) is 0 Å². The van der Waals surface area contributed by atoms with Gasteiger partial charge in [0.15, 0.2) is 0 Å². The van der Waals surface area contributed by atoms with Gasteiger partial charge in [0.1, 0.15) is 11.5 Å². The maximum absolute atomic E-state index is 12.0. The van der Waals surface area contributed by atoms with Crippen LogP contribution in [0, 0.1) is 0 Å². The van der Waals surface area contributed by atoms with Gasteiger partial charge in [0.05, 0.1) is 18.3 Å². The predicted molar refractivity (Wildman–Crippen MR) is 77.7 cm³/mol. The highest BCUT2D eigenvalue weighted by molar-refractivity contribution is 5.91. The first kappa shape index (κ1) is 13.6. The Morgan fingerprint density at radius 3 is 2.76 bits per heavy atom. The lowest BCUT2D eigenvalue weighted by atomic mass is 10.0. The fourth-order valence-electron chi connectivity index (χ4n) is 2.39. The number of methoxy groups -OCH3 is 1. The highest BCUT2D eigenvalue weighted by Crippen LogP contribution is 2.36. The second kappa shape index (κ2) is 5.97. The summed E-state index contributed by atoms with van der Waals surface area (Å²) in [4.78, 5) is 12.0. The average molecular weight is 284 g/mol. The molecule has 0 N–H and O–H groups in total. The number of rotatable bonds is 3. The second-order valence-corrected chi connectivity index (χ2v) is 4.82. The van der Waals surface area contributed by atoms with E-state index in [-0.39, 0.29) is 12.1 Å². The van der Waals surface area contributed by atoms with Crippen molar-refractivity contribution in [2.75, 3.05) is 13.7 Å². The van der Waals surface area contributed by atoms with Crippen molar-refractivity contribution >= 4 is 5.97 Å². The minimum Gasteiger partial charge on any atom is -0.493 e. The second-order valence-electron chi connectivity index (χ2n) is 4.82. The fraction of sp³-hybridized carbons (Fsp3) is 0.235. The Morgan fingerprint density at radius 2 is 2.00 bits per heavy atom. The molecule has 4 nitrogen and oxygen atoms in total. The summed E-state index contributed by atoms with van der Waals surface area (Å²) in [5.74, 6) is 0.806. The van der Waals surface area contributed by atoms with Gasteiger partial charge < -0.3 is 14.2 Å². The van der Waals surface area contributed by atoms with Crippen LogP contribution in [0.25, 0.3) is 0 Å². The van der Waals surface area contributed by atoms with Crippen LogP contribution in [0.4, 0.5) is 0 Å². The number of hydrogen-bond donors (Lipinski definition) is 0. The molecular weight excluding hydrogens is 268 g/mol. The van der Waals surface area contributed by atoms with E-state index in [1.807, 2.05) is 12.1 Å². The number of carbonyl (C=O) groups is 1. The molecule has 0 aliphatic carbocycles. The molecule has 0 saturated carbocycles. The van der Waals surface area contributed by atoms with Gasteiger partial charge in [0, 0.05) is 25.2 Å². The topological polar surface area (TPSA) is 44.8 Å². The zero-order valence-corrected chi connectivity index (χ0v) is 11.7. The summed E-state index contributed by atoms with van der Waals surface area (Å²) < 4.78 is 16.4. The van der Waals surface area contributed by atoms with Crippen molar-refractivity contribution in [2.24, 2.45) is 0 Å². The van der Waals surface area contributed by atoms with Crippen LogP contribution in [0.3, 0.4) is 0 Å². The number of ether oxygens (including phenoxy) is 3. The summed E-state index contributed by atoms with van der Waals surface area (Å²) in [7, 11) is 1.68. The summed E-state index contributed by atoms with van der Waals surface area (Å²) in [6, 6.07) is 14.3. The molecule has 4 heteroatoms. The Bertz CT molecular complexity index is 636. The molecule has 108 valence electrons. The lowest BCUT2D eigenvalue weighted by molar-refractivity contribution is 0.0631. The fourth-order valence-corrected chi connectivity index (χ4v) is 2.39. The van der Waals surface area contributed by atoms with Crippen molar-refractivity contribution in [1.29, 1.82) is 0 Å². The largest absolute Gasteiger partial charge is 0.493 e. The zero-order valence-electron chi connectivity index (χ0n) is 11.7. The molecule has 0 spiro atoms. The maximum atomic E-state index is 12.0. The Hall–Kier alpha value is -2.33. The van der Waals surface area contributed by atoms with Crippen molar-refractivity contribution in [2.45, 2.75) is 12.5 Å². The first-order valence-electron chi connectivity index (χ1n) is 6.84. The molecule has 0 fully saturated rings. The highest BCUT2D eigenvalue weighted by Gasteiger charge is 2.22.